The van der Waals surface area contributed by atoms with E-state index < -0.39 is 0 Å². The summed E-state index contributed by atoms with van der Waals surface area (Å²) in [5.74, 6) is 0.0490. The highest BCUT2D eigenvalue weighted by Crippen LogP contribution is 2.24. The summed E-state index contributed by atoms with van der Waals surface area (Å²) in [6.07, 6.45) is 0. The van der Waals surface area contributed by atoms with Gasteiger partial charge >= 0.3 is 0 Å². The number of nitrogens with zero attached hydrogens (tertiary/aromatic N) is 2. The molecular weight excluding hydrogens is 414 g/mol. The summed E-state index contributed by atoms with van der Waals surface area (Å²) in [6.45, 7) is 6.59. The highest BCUT2D eigenvalue weighted by molar-refractivity contribution is 9.10. The second-order valence-electron chi connectivity index (χ2n) is 6.45. The first-order chi connectivity index (χ1) is 12.5. The van der Waals surface area contributed by atoms with Gasteiger partial charge in [0.15, 0.2) is 0 Å². The molecule has 3 rings (SSSR count). The van der Waals surface area contributed by atoms with Crippen molar-refractivity contribution < 1.29 is 9.59 Å². The van der Waals surface area contributed by atoms with E-state index in [1.807, 2.05) is 54.5 Å². The molecule has 1 fully saturated rings. The lowest BCUT2D eigenvalue weighted by atomic mass is 10.2. The Bertz CT molecular complexity index is 786. The molecule has 0 unspecified atom stereocenters. The van der Waals surface area contributed by atoms with E-state index in [1.54, 1.807) is 0 Å². The molecule has 0 saturated carbocycles. The van der Waals surface area contributed by atoms with E-state index in [-0.39, 0.29) is 17.9 Å². The first-order valence-corrected chi connectivity index (χ1v) is 10.3. The lowest BCUT2D eigenvalue weighted by Crippen LogP contribution is -2.53. The largest absolute Gasteiger partial charge is 0.335 e. The van der Waals surface area contributed by atoms with Crippen molar-refractivity contribution in [2.24, 2.45) is 0 Å². The Morgan fingerprint density at radius 1 is 1.19 bits per heavy atom. The van der Waals surface area contributed by atoms with Crippen LogP contribution in [0.1, 0.15) is 22.2 Å². The highest BCUT2D eigenvalue weighted by Gasteiger charge is 2.28. The van der Waals surface area contributed by atoms with E-state index >= 15 is 0 Å². The zero-order valence-electron chi connectivity index (χ0n) is 14.9. The molecule has 138 valence electrons. The zero-order valence-corrected chi connectivity index (χ0v) is 17.3. The van der Waals surface area contributed by atoms with Crippen LogP contribution in [-0.2, 0) is 4.79 Å². The van der Waals surface area contributed by atoms with Gasteiger partial charge in [0.2, 0.25) is 5.91 Å². The molecule has 1 aromatic heterocycles. The van der Waals surface area contributed by atoms with Gasteiger partial charge in [-0.15, -0.1) is 11.3 Å². The van der Waals surface area contributed by atoms with Gasteiger partial charge < -0.3 is 10.2 Å². The van der Waals surface area contributed by atoms with Crippen molar-refractivity contribution in [3.63, 3.8) is 0 Å². The molecule has 0 spiro atoms. The smallest absolute Gasteiger partial charge is 0.264 e. The van der Waals surface area contributed by atoms with Crippen LogP contribution in [0.15, 0.2) is 40.2 Å². The summed E-state index contributed by atoms with van der Waals surface area (Å²) >= 11 is 4.96. The monoisotopic (exact) mass is 435 g/mol. The maximum Gasteiger partial charge on any atom is 0.264 e. The average Bonchev–Trinajstić information content (AvgIpc) is 3.17. The minimum atomic E-state index is -0.248. The molecule has 2 amide bonds. The van der Waals surface area contributed by atoms with Crippen molar-refractivity contribution in [2.45, 2.75) is 19.9 Å². The summed E-state index contributed by atoms with van der Waals surface area (Å²) in [5.41, 5.74) is 1.91. The van der Waals surface area contributed by atoms with Crippen molar-refractivity contribution in [1.82, 2.24) is 9.80 Å². The molecule has 1 saturated heterocycles. The van der Waals surface area contributed by atoms with Crippen LogP contribution in [0.25, 0.3) is 0 Å². The minimum Gasteiger partial charge on any atom is -0.335 e. The van der Waals surface area contributed by atoms with Crippen LogP contribution in [-0.4, -0.2) is 53.8 Å². The quantitative estimate of drug-likeness (QED) is 0.797. The predicted octanol–water partition coefficient (Wildman–Crippen LogP) is 3.60. The van der Waals surface area contributed by atoms with Crippen LogP contribution in [0, 0.1) is 6.92 Å². The number of hydrogen-bond acceptors (Lipinski definition) is 4. The minimum absolute atomic E-state index is 0.0346. The lowest BCUT2D eigenvalue weighted by Gasteiger charge is -2.37. The molecule has 5 nitrogen and oxygen atoms in total. The predicted molar refractivity (Wildman–Crippen MR) is 109 cm³/mol. The SMILES string of the molecule is Cc1ccc(NC(=O)[C@@H](C)N2CCN(C(=O)c3cccs3)CC2)c(Br)c1. The number of carbonyl (C=O) groups is 2. The van der Waals surface area contributed by atoms with Gasteiger partial charge in [0, 0.05) is 30.7 Å². The number of piperazine rings is 1. The third kappa shape index (κ3) is 4.34. The number of amides is 2. The van der Waals surface area contributed by atoms with Crippen LogP contribution in [0.5, 0.6) is 0 Å². The summed E-state index contributed by atoms with van der Waals surface area (Å²) in [4.78, 5) is 29.8. The molecular formula is C19H22BrN3O2S. The van der Waals surface area contributed by atoms with Gasteiger partial charge in [-0.05, 0) is 58.9 Å². The third-order valence-electron chi connectivity index (χ3n) is 4.64. The molecule has 1 aliphatic heterocycles. The van der Waals surface area contributed by atoms with Gasteiger partial charge in [-0.2, -0.15) is 0 Å². The van der Waals surface area contributed by atoms with Crippen molar-refractivity contribution in [2.75, 3.05) is 31.5 Å². The van der Waals surface area contributed by atoms with Crippen molar-refractivity contribution in [3.05, 3.63) is 50.6 Å². The van der Waals surface area contributed by atoms with Gasteiger partial charge in [-0.25, -0.2) is 0 Å². The van der Waals surface area contributed by atoms with Gasteiger partial charge in [-0.3, -0.25) is 14.5 Å². The van der Waals surface area contributed by atoms with Gasteiger partial charge in [0.1, 0.15) is 0 Å². The summed E-state index contributed by atoms with van der Waals surface area (Å²) in [5, 5.41) is 4.90. The third-order valence-corrected chi connectivity index (χ3v) is 6.16. The topological polar surface area (TPSA) is 52.7 Å². The van der Waals surface area contributed by atoms with Crippen LogP contribution in [0.2, 0.25) is 0 Å². The number of nitrogens with one attached hydrogen (secondary N) is 1. The first-order valence-electron chi connectivity index (χ1n) is 8.59. The Kier molecular flexibility index (Phi) is 6.11. The summed E-state index contributed by atoms with van der Waals surface area (Å²) in [6, 6.07) is 9.36. The summed E-state index contributed by atoms with van der Waals surface area (Å²) in [7, 11) is 0. The molecule has 1 N–H and O–H groups in total. The number of benzene rings is 1. The molecule has 1 aliphatic rings. The fourth-order valence-electron chi connectivity index (χ4n) is 2.99. The Morgan fingerprint density at radius 2 is 1.92 bits per heavy atom. The van der Waals surface area contributed by atoms with Crippen molar-refractivity contribution in [3.8, 4) is 0 Å². The van der Waals surface area contributed by atoms with Crippen molar-refractivity contribution in [1.29, 1.82) is 0 Å². The number of hydrogen-bond donors (Lipinski definition) is 1. The molecule has 2 heterocycles. The molecule has 7 heteroatoms. The Morgan fingerprint density at radius 3 is 2.54 bits per heavy atom. The number of halogens is 1. The first kappa shape index (κ1) is 19.1. The number of aryl methyl sites for hydroxylation is 1. The maximum atomic E-state index is 12.6. The highest BCUT2D eigenvalue weighted by atomic mass is 79.9. The van der Waals surface area contributed by atoms with Crippen LogP contribution >= 0.6 is 27.3 Å². The van der Waals surface area contributed by atoms with Gasteiger partial charge in [0.25, 0.3) is 5.91 Å². The fourth-order valence-corrected chi connectivity index (χ4v) is 4.28. The number of rotatable bonds is 4. The van der Waals surface area contributed by atoms with E-state index in [4.69, 9.17) is 0 Å². The molecule has 0 bridgehead atoms. The fraction of sp³-hybridized carbons (Fsp3) is 0.368. The van der Waals surface area contributed by atoms with E-state index in [0.717, 1.165) is 20.6 Å². The standard InChI is InChI=1S/C19H22BrN3O2S/c1-13-5-6-16(15(20)12-13)21-18(24)14(2)22-7-9-23(10-8-22)19(25)17-4-3-11-26-17/h3-6,11-12,14H,7-10H2,1-2H3,(H,21,24)/t14-/m1/s1. The van der Waals surface area contributed by atoms with Gasteiger partial charge in [0.05, 0.1) is 16.6 Å². The lowest BCUT2D eigenvalue weighted by molar-refractivity contribution is -0.121. The van der Waals surface area contributed by atoms with E-state index in [0.29, 0.717) is 26.2 Å². The van der Waals surface area contributed by atoms with Gasteiger partial charge in [-0.1, -0.05) is 12.1 Å². The van der Waals surface area contributed by atoms with Crippen LogP contribution < -0.4 is 5.32 Å². The van der Waals surface area contributed by atoms with Crippen LogP contribution in [0.3, 0.4) is 0 Å². The second-order valence-corrected chi connectivity index (χ2v) is 8.26. The average molecular weight is 436 g/mol. The second kappa shape index (κ2) is 8.33. The Hall–Kier alpha value is -1.70. The molecule has 0 radical (unpaired) electrons. The molecule has 26 heavy (non-hydrogen) atoms. The number of thiophene rings is 1. The van der Waals surface area contributed by atoms with Crippen molar-refractivity contribution >= 4 is 44.8 Å². The Labute approximate surface area is 166 Å². The van der Waals surface area contributed by atoms with E-state index in [2.05, 4.69) is 26.1 Å². The molecule has 0 aliphatic carbocycles. The normalized spacial score (nSPS) is 16.3. The number of anilines is 1. The van der Waals surface area contributed by atoms with E-state index in [1.165, 1.54) is 11.3 Å². The van der Waals surface area contributed by atoms with Crippen LogP contribution in [0.4, 0.5) is 5.69 Å². The zero-order chi connectivity index (χ0) is 18.7. The van der Waals surface area contributed by atoms with E-state index in [9.17, 15) is 9.59 Å². The molecule has 2 aromatic rings. The summed E-state index contributed by atoms with van der Waals surface area (Å²) < 4.78 is 0.879. The molecule has 1 atom stereocenters. The molecule has 1 aromatic carbocycles. The maximum absolute atomic E-state index is 12.6. The Balaban J connectivity index is 1.55. The number of carbonyl (C=O) groups excluding carboxylic acids is 2.